The summed E-state index contributed by atoms with van der Waals surface area (Å²) in [7, 11) is 0. The molecule has 0 heterocycles. The predicted octanol–water partition coefficient (Wildman–Crippen LogP) is 6.31. The Hall–Kier alpha value is -2.45. The van der Waals surface area contributed by atoms with Crippen LogP contribution in [0.2, 0.25) is 5.02 Å². The van der Waals surface area contributed by atoms with Crippen molar-refractivity contribution in [2.75, 3.05) is 5.32 Å². The summed E-state index contributed by atoms with van der Waals surface area (Å²) in [5.74, 6) is 1.66. The summed E-state index contributed by atoms with van der Waals surface area (Å²) in [4.78, 5) is 0. The van der Waals surface area contributed by atoms with Crippen LogP contribution in [0.4, 0.5) is 5.69 Å². The largest absolute Gasteiger partial charge is 0.457 e. The summed E-state index contributed by atoms with van der Waals surface area (Å²) in [6, 6.07) is 25.8. The number of hydrogen-bond donors (Lipinski definition) is 1. The van der Waals surface area contributed by atoms with Crippen molar-refractivity contribution in [2.45, 2.75) is 13.0 Å². The minimum Gasteiger partial charge on any atom is -0.457 e. The van der Waals surface area contributed by atoms with E-state index in [2.05, 4.69) is 12.2 Å². The molecule has 3 aromatic rings. The highest BCUT2D eigenvalue weighted by Gasteiger charge is 2.05. The predicted molar refractivity (Wildman–Crippen MR) is 96.4 cm³/mol. The Kier molecular flexibility index (Phi) is 4.84. The van der Waals surface area contributed by atoms with Crippen LogP contribution in [-0.2, 0) is 0 Å². The molecule has 0 bridgehead atoms. The first-order chi connectivity index (χ1) is 11.2. The van der Waals surface area contributed by atoms with Gasteiger partial charge >= 0.3 is 0 Å². The maximum atomic E-state index is 5.93. The fourth-order valence-corrected chi connectivity index (χ4v) is 2.45. The Labute approximate surface area is 141 Å². The summed E-state index contributed by atoms with van der Waals surface area (Å²) in [5, 5.41) is 4.22. The molecule has 3 heteroatoms. The molecule has 0 aliphatic heterocycles. The van der Waals surface area contributed by atoms with E-state index in [1.807, 2.05) is 78.9 Å². The first-order valence-corrected chi connectivity index (χ1v) is 7.93. The molecular weight excluding hydrogens is 306 g/mol. The van der Waals surface area contributed by atoms with Crippen LogP contribution in [-0.4, -0.2) is 0 Å². The molecule has 0 spiro atoms. The number of nitrogens with one attached hydrogen (secondary N) is 1. The van der Waals surface area contributed by atoms with Gasteiger partial charge in [0.15, 0.2) is 0 Å². The standard InChI is InChI=1S/C20H18ClNO/c1-15(16-7-9-17(21)10-8-16)22-18-11-13-20(14-12-18)23-19-5-3-2-4-6-19/h2-15,22H,1H3. The van der Waals surface area contributed by atoms with Crippen molar-refractivity contribution in [2.24, 2.45) is 0 Å². The number of anilines is 1. The van der Waals surface area contributed by atoms with E-state index in [1.54, 1.807) is 0 Å². The summed E-state index contributed by atoms with van der Waals surface area (Å²) >= 11 is 5.93. The Morgan fingerprint density at radius 2 is 1.39 bits per heavy atom. The molecule has 0 amide bonds. The van der Waals surface area contributed by atoms with Crippen LogP contribution in [0, 0.1) is 0 Å². The third-order valence-corrected chi connectivity index (χ3v) is 3.84. The van der Waals surface area contributed by atoms with Gasteiger partial charge in [-0.1, -0.05) is 41.9 Å². The molecule has 3 rings (SSSR count). The van der Waals surface area contributed by atoms with E-state index >= 15 is 0 Å². The minimum atomic E-state index is 0.202. The van der Waals surface area contributed by atoms with E-state index in [0.717, 1.165) is 22.2 Å². The minimum absolute atomic E-state index is 0.202. The van der Waals surface area contributed by atoms with Crippen LogP contribution in [0.15, 0.2) is 78.9 Å². The smallest absolute Gasteiger partial charge is 0.127 e. The number of halogens is 1. The maximum Gasteiger partial charge on any atom is 0.127 e. The second-order valence-corrected chi connectivity index (χ2v) is 5.79. The van der Waals surface area contributed by atoms with Gasteiger partial charge < -0.3 is 10.1 Å². The van der Waals surface area contributed by atoms with Crippen molar-refractivity contribution < 1.29 is 4.74 Å². The topological polar surface area (TPSA) is 21.3 Å². The van der Waals surface area contributed by atoms with E-state index in [0.29, 0.717) is 0 Å². The van der Waals surface area contributed by atoms with Crippen molar-refractivity contribution in [1.29, 1.82) is 0 Å². The van der Waals surface area contributed by atoms with Gasteiger partial charge in [0.1, 0.15) is 11.5 Å². The average Bonchev–Trinajstić information content (AvgIpc) is 2.58. The van der Waals surface area contributed by atoms with Gasteiger partial charge in [0.2, 0.25) is 0 Å². The quantitative estimate of drug-likeness (QED) is 0.594. The van der Waals surface area contributed by atoms with Crippen molar-refractivity contribution in [3.63, 3.8) is 0 Å². The number of hydrogen-bond acceptors (Lipinski definition) is 2. The molecule has 0 radical (unpaired) electrons. The zero-order valence-electron chi connectivity index (χ0n) is 12.9. The van der Waals surface area contributed by atoms with E-state index in [-0.39, 0.29) is 6.04 Å². The van der Waals surface area contributed by atoms with Crippen LogP contribution >= 0.6 is 11.6 Å². The van der Waals surface area contributed by atoms with Gasteiger partial charge in [0.25, 0.3) is 0 Å². The number of benzene rings is 3. The molecule has 116 valence electrons. The van der Waals surface area contributed by atoms with Crippen LogP contribution in [0.1, 0.15) is 18.5 Å². The SMILES string of the molecule is CC(Nc1ccc(Oc2ccccc2)cc1)c1ccc(Cl)cc1. The lowest BCUT2D eigenvalue weighted by atomic mass is 10.1. The van der Waals surface area contributed by atoms with Crippen LogP contribution in [0.5, 0.6) is 11.5 Å². The zero-order chi connectivity index (χ0) is 16.1. The molecule has 0 saturated carbocycles. The third kappa shape index (κ3) is 4.27. The third-order valence-electron chi connectivity index (χ3n) is 3.59. The monoisotopic (exact) mass is 323 g/mol. The molecule has 1 unspecified atom stereocenters. The van der Waals surface area contributed by atoms with Crippen LogP contribution in [0.25, 0.3) is 0 Å². The van der Waals surface area contributed by atoms with Gasteiger partial charge in [-0.2, -0.15) is 0 Å². The maximum absolute atomic E-state index is 5.93. The fourth-order valence-electron chi connectivity index (χ4n) is 2.33. The van der Waals surface area contributed by atoms with Crippen LogP contribution in [0.3, 0.4) is 0 Å². The average molecular weight is 324 g/mol. The van der Waals surface area contributed by atoms with Crippen molar-refractivity contribution in [3.8, 4) is 11.5 Å². The molecule has 3 aromatic carbocycles. The highest BCUT2D eigenvalue weighted by Crippen LogP contribution is 2.25. The number of rotatable bonds is 5. The van der Waals surface area contributed by atoms with Gasteiger partial charge in [-0.25, -0.2) is 0 Å². The van der Waals surface area contributed by atoms with Crippen molar-refractivity contribution in [1.82, 2.24) is 0 Å². The van der Waals surface area contributed by atoms with E-state index in [1.165, 1.54) is 5.56 Å². The van der Waals surface area contributed by atoms with Gasteiger partial charge in [-0.15, -0.1) is 0 Å². The van der Waals surface area contributed by atoms with Gasteiger partial charge in [0, 0.05) is 16.8 Å². The molecule has 1 N–H and O–H groups in total. The molecule has 0 saturated heterocycles. The lowest BCUT2D eigenvalue weighted by Crippen LogP contribution is -2.06. The lowest BCUT2D eigenvalue weighted by Gasteiger charge is -2.16. The Balaban J connectivity index is 1.64. The summed E-state index contributed by atoms with van der Waals surface area (Å²) in [6.45, 7) is 2.12. The Morgan fingerprint density at radius 3 is 2.04 bits per heavy atom. The van der Waals surface area contributed by atoms with Crippen LogP contribution < -0.4 is 10.1 Å². The normalized spacial score (nSPS) is 11.7. The first kappa shape index (κ1) is 15.4. The van der Waals surface area contributed by atoms with Gasteiger partial charge in [0.05, 0.1) is 0 Å². The second kappa shape index (κ2) is 7.21. The molecule has 0 aliphatic carbocycles. The zero-order valence-corrected chi connectivity index (χ0v) is 13.6. The first-order valence-electron chi connectivity index (χ1n) is 7.56. The highest BCUT2D eigenvalue weighted by molar-refractivity contribution is 6.30. The lowest BCUT2D eigenvalue weighted by molar-refractivity contribution is 0.483. The second-order valence-electron chi connectivity index (χ2n) is 5.36. The molecule has 1 atom stereocenters. The summed E-state index contributed by atoms with van der Waals surface area (Å²) in [6.07, 6.45) is 0. The number of ether oxygens (including phenoxy) is 1. The van der Waals surface area contributed by atoms with Gasteiger partial charge in [-0.05, 0) is 61.0 Å². The van der Waals surface area contributed by atoms with Crippen molar-refractivity contribution in [3.05, 3.63) is 89.4 Å². The van der Waals surface area contributed by atoms with Crippen molar-refractivity contribution >= 4 is 17.3 Å². The van der Waals surface area contributed by atoms with E-state index in [9.17, 15) is 0 Å². The fraction of sp³-hybridized carbons (Fsp3) is 0.100. The Bertz CT molecular complexity index is 739. The van der Waals surface area contributed by atoms with E-state index < -0.39 is 0 Å². The highest BCUT2D eigenvalue weighted by atomic mass is 35.5. The molecule has 0 aliphatic rings. The van der Waals surface area contributed by atoms with Gasteiger partial charge in [-0.3, -0.25) is 0 Å². The molecule has 23 heavy (non-hydrogen) atoms. The molecule has 0 fully saturated rings. The summed E-state index contributed by atoms with van der Waals surface area (Å²) in [5.41, 5.74) is 2.24. The molecule has 0 aromatic heterocycles. The number of para-hydroxylation sites is 1. The molecular formula is C20H18ClNO. The van der Waals surface area contributed by atoms with E-state index in [4.69, 9.17) is 16.3 Å². The Morgan fingerprint density at radius 1 is 0.783 bits per heavy atom. The molecule has 2 nitrogen and oxygen atoms in total. The summed E-state index contributed by atoms with van der Waals surface area (Å²) < 4.78 is 5.79.